The minimum Gasteiger partial charge on any atom is -0.453 e. The Morgan fingerprint density at radius 1 is 0.488 bits per heavy atom. The third kappa shape index (κ3) is 4.14. The van der Waals surface area contributed by atoms with Crippen LogP contribution in [0.1, 0.15) is 0 Å². The number of para-hydroxylation sites is 3. The lowest BCUT2D eigenvalue weighted by molar-refractivity contribution is 0.476. The standard InChI is InChI=1S/C39H31N3O/c1-40(30-18-12-26(13-19-30)28-16-22-33-32-8-4-5-9-34(32)41(2)37(33)24-28)31-20-14-27(15-21-31)29-17-23-36-39(25-29)43-38-11-7-6-10-35(38)42(36)3/h4-25H,1-3H3. The van der Waals surface area contributed by atoms with Crippen molar-refractivity contribution in [2.75, 3.05) is 23.9 Å². The first-order valence-electron chi connectivity index (χ1n) is 14.6. The molecule has 6 aromatic carbocycles. The van der Waals surface area contributed by atoms with Gasteiger partial charge in [-0.3, -0.25) is 0 Å². The lowest BCUT2D eigenvalue weighted by Gasteiger charge is -2.29. The maximum absolute atomic E-state index is 6.26. The Bertz CT molecular complexity index is 2140. The maximum atomic E-state index is 6.26. The van der Waals surface area contributed by atoms with Crippen molar-refractivity contribution in [2.45, 2.75) is 0 Å². The first kappa shape index (κ1) is 25.2. The first-order chi connectivity index (χ1) is 21.0. The van der Waals surface area contributed by atoms with Gasteiger partial charge in [0.15, 0.2) is 11.5 Å². The molecule has 0 bridgehead atoms. The number of hydrogen-bond donors (Lipinski definition) is 0. The third-order valence-electron chi connectivity index (χ3n) is 8.86. The Hall–Kier alpha value is -5.48. The zero-order valence-electron chi connectivity index (χ0n) is 24.5. The second-order valence-corrected chi connectivity index (χ2v) is 11.3. The van der Waals surface area contributed by atoms with Crippen molar-refractivity contribution in [3.8, 4) is 33.8 Å². The van der Waals surface area contributed by atoms with Crippen molar-refractivity contribution in [1.29, 1.82) is 0 Å². The van der Waals surface area contributed by atoms with E-state index in [2.05, 4.69) is 151 Å². The summed E-state index contributed by atoms with van der Waals surface area (Å²) in [7, 11) is 6.35. The summed E-state index contributed by atoms with van der Waals surface area (Å²) >= 11 is 0. The van der Waals surface area contributed by atoms with Crippen LogP contribution in [0.2, 0.25) is 0 Å². The van der Waals surface area contributed by atoms with Crippen molar-refractivity contribution in [2.24, 2.45) is 7.05 Å². The van der Waals surface area contributed by atoms with Gasteiger partial charge in [-0.15, -0.1) is 0 Å². The molecular formula is C39H31N3O. The number of anilines is 4. The summed E-state index contributed by atoms with van der Waals surface area (Å²) in [4.78, 5) is 4.41. The van der Waals surface area contributed by atoms with Gasteiger partial charge in [-0.1, -0.05) is 72.8 Å². The van der Waals surface area contributed by atoms with Crippen molar-refractivity contribution < 1.29 is 4.74 Å². The summed E-state index contributed by atoms with van der Waals surface area (Å²) < 4.78 is 8.55. The quantitative estimate of drug-likeness (QED) is 0.215. The number of benzene rings is 6. The molecule has 0 unspecified atom stereocenters. The van der Waals surface area contributed by atoms with Crippen LogP contribution in [0, 0.1) is 0 Å². The van der Waals surface area contributed by atoms with Gasteiger partial charge in [0, 0.05) is 54.3 Å². The highest BCUT2D eigenvalue weighted by Gasteiger charge is 2.21. The van der Waals surface area contributed by atoms with E-state index in [-0.39, 0.29) is 0 Å². The van der Waals surface area contributed by atoms with Gasteiger partial charge in [-0.2, -0.15) is 0 Å². The highest BCUT2D eigenvalue weighted by molar-refractivity contribution is 6.09. The van der Waals surface area contributed by atoms with Gasteiger partial charge in [0.1, 0.15) is 0 Å². The molecule has 0 spiro atoms. The van der Waals surface area contributed by atoms with Crippen LogP contribution in [0.3, 0.4) is 0 Å². The van der Waals surface area contributed by atoms with Crippen molar-refractivity contribution in [3.63, 3.8) is 0 Å². The predicted octanol–water partition coefficient (Wildman–Crippen LogP) is 10.3. The molecule has 0 aliphatic carbocycles. The monoisotopic (exact) mass is 557 g/mol. The minimum atomic E-state index is 0.875. The number of ether oxygens (including phenoxy) is 1. The highest BCUT2D eigenvalue weighted by atomic mass is 16.5. The highest BCUT2D eigenvalue weighted by Crippen LogP contribution is 2.47. The Kier molecular flexibility index (Phi) is 5.76. The first-order valence-corrected chi connectivity index (χ1v) is 14.6. The van der Waals surface area contributed by atoms with E-state index in [1.807, 2.05) is 18.2 Å². The normalized spacial score (nSPS) is 12.2. The molecule has 208 valence electrons. The lowest BCUT2D eigenvalue weighted by Crippen LogP contribution is -2.15. The van der Waals surface area contributed by atoms with Gasteiger partial charge >= 0.3 is 0 Å². The van der Waals surface area contributed by atoms with Crippen LogP contribution in [0.5, 0.6) is 11.5 Å². The van der Waals surface area contributed by atoms with Crippen LogP contribution in [0.25, 0.3) is 44.1 Å². The molecule has 7 aromatic rings. The van der Waals surface area contributed by atoms with Crippen LogP contribution in [-0.4, -0.2) is 18.7 Å². The van der Waals surface area contributed by atoms with E-state index < -0.39 is 0 Å². The number of aromatic nitrogens is 1. The van der Waals surface area contributed by atoms with Crippen LogP contribution in [0.15, 0.2) is 133 Å². The maximum Gasteiger partial charge on any atom is 0.151 e. The van der Waals surface area contributed by atoms with Crippen LogP contribution in [0.4, 0.5) is 22.7 Å². The molecule has 0 N–H and O–H groups in total. The number of nitrogens with zero attached hydrogens (tertiary/aromatic N) is 3. The van der Waals surface area contributed by atoms with Gasteiger partial charge in [0.05, 0.1) is 11.4 Å². The Labute approximate surface area is 251 Å². The summed E-state index contributed by atoms with van der Waals surface area (Å²) in [6, 6.07) is 47.5. The van der Waals surface area contributed by atoms with E-state index in [4.69, 9.17) is 4.74 Å². The molecule has 8 rings (SSSR count). The van der Waals surface area contributed by atoms with Gasteiger partial charge < -0.3 is 19.1 Å². The number of rotatable bonds is 4. The fourth-order valence-electron chi connectivity index (χ4n) is 6.37. The molecule has 0 amide bonds. The van der Waals surface area contributed by atoms with Crippen LogP contribution < -0.4 is 14.5 Å². The van der Waals surface area contributed by atoms with Crippen molar-refractivity contribution in [1.82, 2.24) is 4.57 Å². The molecule has 0 radical (unpaired) electrons. The van der Waals surface area contributed by atoms with Gasteiger partial charge in [-0.05, 0) is 82.9 Å². The van der Waals surface area contributed by atoms with Crippen molar-refractivity contribution >= 4 is 44.6 Å². The molecule has 0 saturated carbocycles. The van der Waals surface area contributed by atoms with Crippen molar-refractivity contribution in [3.05, 3.63) is 133 Å². The van der Waals surface area contributed by atoms with E-state index in [0.29, 0.717) is 0 Å². The number of hydrogen-bond acceptors (Lipinski definition) is 3. The Morgan fingerprint density at radius 2 is 1.05 bits per heavy atom. The SMILES string of the molecule is CN(c1ccc(-c2ccc3c(c2)Oc2ccccc2N3C)cc1)c1ccc(-c2ccc3c4ccccc4n(C)c3c2)cc1. The molecule has 4 nitrogen and oxygen atoms in total. The fraction of sp³-hybridized carbons (Fsp3) is 0.0769. The average molecular weight is 558 g/mol. The molecule has 0 atom stereocenters. The molecule has 43 heavy (non-hydrogen) atoms. The minimum absolute atomic E-state index is 0.875. The lowest BCUT2D eigenvalue weighted by atomic mass is 10.0. The molecule has 1 aromatic heterocycles. The summed E-state index contributed by atoms with van der Waals surface area (Å²) in [6.45, 7) is 0. The third-order valence-corrected chi connectivity index (χ3v) is 8.86. The van der Waals surface area contributed by atoms with Gasteiger partial charge in [0.25, 0.3) is 0 Å². The molecule has 1 aliphatic rings. The van der Waals surface area contributed by atoms with Gasteiger partial charge in [-0.25, -0.2) is 0 Å². The fourth-order valence-corrected chi connectivity index (χ4v) is 6.37. The zero-order chi connectivity index (χ0) is 29.1. The summed E-state index contributed by atoms with van der Waals surface area (Å²) in [5, 5.41) is 2.59. The topological polar surface area (TPSA) is 20.6 Å². The smallest absolute Gasteiger partial charge is 0.151 e. The molecule has 1 aliphatic heterocycles. The second kappa shape index (κ2) is 9.81. The van der Waals surface area contributed by atoms with Gasteiger partial charge in [0.2, 0.25) is 0 Å². The second-order valence-electron chi connectivity index (χ2n) is 11.3. The van der Waals surface area contributed by atoms with E-state index in [0.717, 1.165) is 45.4 Å². The molecule has 0 saturated heterocycles. The van der Waals surface area contributed by atoms with E-state index >= 15 is 0 Å². The molecule has 0 fully saturated rings. The number of aryl methyl sites for hydroxylation is 1. The predicted molar refractivity (Wildman–Crippen MR) is 180 cm³/mol. The Morgan fingerprint density at radius 3 is 1.79 bits per heavy atom. The Balaban J connectivity index is 1.03. The van der Waals surface area contributed by atoms with Crippen LogP contribution >= 0.6 is 0 Å². The summed E-state index contributed by atoms with van der Waals surface area (Å²) in [5.41, 5.74) is 11.7. The summed E-state index contributed by atoms with van der Waals surface area (Å²) in [6.07, 6.45) is 0. The molecular weight excluding hydrogens is 526 g/mol. The largest absolute Gasteiger partial charge is 0.453 e. The van der Waals surface area contributed by atoms with E-state index in [9.17, 15) is 0 Å². The molecule has 2 heterocycles. The molecule has 4 heteroatoms. The van der Waals surface area contributed by atoms with E-state index in [1.54, 1.807) is 0 Å². The summed E-state index contributed by atoms with van der Waals surface area (Å²) in [5.74, 6) is 1.76. The number of fused-ring (bicyclic) bond motifs is 5. The van der Waals surface area contributed by atoms with E-state index in [1.165, 1.54) is 32.9 Å². The van der Waals surface area contributed by atoms with Crippen LogP contribution in [-0.2, 0) is 7.05 Å². The average Bonchev–Trinajstić information content (AvgIpc) is 3.35. The zero-order valence-corrected chi connectivity index (χ0v) is 24.5.